The Balaban J connectivity index is 1.21. The Morgan fingerprint density at radius 2 is 1.03 bits per heavy atom. The fourth-order valence-corrected chi connectivity index (χ4v) is 7.64. The van der Waals surface area contributed by atoms with Crippen molar-refractivity contribution in [3.63, 3.8) is 0 Å². The van der Waals surface area contributed by atoms with E-state index in [1.165, 1.54) is 49.9 Å². The third kappa shape index (κ3) is 8.39. The molecule has 282 valence electrons. The van der Waals surface area contributed by atoms with Crippen molar-refractivity contribution in [2.45, 2.75) is 27.4 Å². The molecule has 0 amide bonds. The molecular formula is C56H47NO. The van der Waals surface area contributed by atoms with Crippen LogP contribution in [0.25, 0.3) is 34.1 Å². The van der Waals surface area contributed by atoms with Gasteiger partial charge in [-0.3, -0.25) is 0 Å². The molecule has 0 bridgehead atoms. The number of allylic oxidation sites excluding steroid dienone is 2. The van der Waals surface area contributed by atoms with E-state index in [4.69, 9.17) is 0 Å². The maximum Gasteiger partial charge on any atom is 0.0681 e. The maximum absolute atomic E-state index is 10.00. The van der Waals surface area contributed by atoms with E-state index in [9.17, 15) is 5.11 Å². The molecule has 1 N–H and O–H groups in total. The van der Waals surface area contributed by atoms with Gasteiger partial charge in [-0.1, -0.05) is 193 Å². The van der Waals surface area contributed by atoms with E-state index in [-0.39, 0.29) is 6.61 Å². The van der Waals surface area contributed by atoms with Crippen molar-refractivity contribution in [2.24, 2.45) is 0 Å². The van der Waals surface area contributed by atoms with Crippen molar-refractivity contribution in [1.82, 2.24) is 0 Å². The molecule has 0 fully saturated rings. The van der Waals surface area contributed by atoms with Crippen LogP contribution in [0.15, 0.2) is 200 Å². The third-order valence-corrected chi connectivity index (χ3v) is 10.8. The average Bonchev–Trinajstić information content (AvgIpc) is 3.27. The number of aryl methyl sites for hydroxylation is 3. The number of aliphatic hydroxyl groups is 1. The number of nitrogens with zero attached hydrogens (tertiary/aromatic N) is 1. The van der Waals surface area contributed by atoms with Crippen molar-refractivity contribution < 1.29 is 5.11 Å². The highest BCUT2D eigenvalue weighted by Gasteiger charge is 2.19. The Bertz CT molecular complexity index is 2650. The Kier molecular flexibility index (Phi) is 11.4. The highest BCUT2D eigenvalue weighted by atomic mass is 16.3. The monoisotopic (exact) mass is 749 g/mol. The van der Waals surface area contributed by atoms with Gasteiger partial charge < -0.3 is 10.0 Å². The van der Waals surface area contributed by atoms with Crippen LogP contribution in [-0.4, -0.2) is 5.11 Å². The van der Waals surface area contributed by atoms with Crippen LogP contribution in [-0.2, 0) is 6.61 Å². The first-order chi connectivity index (χ1) is 28.4. The summed E-state index contributed by atoms with van der Waals surface area (Å²) in [6, 6.07) is 66.9. The fourth-order valence-electron chi connectivity index (χ4n) is 7.64. The summed E-state index contributed by atoms with van der Waals surface area (Å²) >= 11 is 0. The van der Waals surface area contributed by atoms with Crippen molar-refractivity contribution in [1.29, 1.82) is 0 Å². The summed E-state index contributed by atoms with van der Waals surface area (Å²) < 4.78 is 0. The van der Waals surface area contributed by atoms with Gasteiger partial charge in [-0.2, -0.15) is 0 Å². The molecule has 2 nitrogen and oxygen atoms in total. The predicted octanol–water partition coefficient (Wildman–Crippen LogP) is 14.5. The molecule has 58 heavy (non-hydrogen) atoms. The zero-order valence-electron chi connectivity index (χ0n) is 33.3. The SMILES string of the molecule is Cc1ccc(C(=Cc2ccc(N(c3ccc(/C=C/C=C(c4ccccc4)c4ccccc4)cc3)c3ccc(CO)cc3C)c3ccccc23)c2ccc(C)cc2)cc1. The molecule has 0 aromatic heterocycles. The minimum atomic E-state index is 0.00111. The van der Waals surface area contributed by atoms with E-state index >= 15 is 0 Å². The first-order valence-electron chi connectivity index (χ1n) is 19.9. The molecule has 8 aromatic rings. The molecule has 0 saturated heterocycles. The van der Waals surface area contributed by atoms with Gasteiger partial charge in [0.25, 0.3) is 0 Å². The summed E-state index contributed by atoms with van der Waals surface area (Å²) in [6.07, 6.45) is 8.84. The fraction of sp³-hybridized carbons (Fsp3) is 0.0714. The van der Waals surface area contributed by atoms with Crippen molar-refractivity contribution >= 4 is 51.1 Å². The van der Waals surface area contributed by atoms with Crippen LogP contribution in [0.4, 0.5) is 17.1 Å². The van der Waals surface area contributed by atoms with Gasteiger partial charge in [-0.25, -0.2) is 0 Å². The van der Waals surface area contributed by atoms with Crippen LogP contribution in [0.3, 0.4) is 0 Å². The first-order valence-corrected chi connectivity index (χ1v) is 19.9. The van der Waals surface area contributed by atoms with Crippen LogP contribution in [0.5, 0.6) is 0 Å². The largest absolute Gasteiger partial charge is 0.392 e. The quantitative estimate of drug-likeness (QED) is 0.105. The molecule has 0 spiro atoms. The average molecular weight is 750 g/mol. The molecule has 0 atom stereocenters. The lowest BCUT2D eigenvalue weighted by Crippen LogP contribution is -2.12. The van der Waals surface area contributed by atoms with Gasteiger partial charge in [0.1, 0.15) is 0 Å². The molecule has 0 radical (unpaired) electrons. The first kappa shape index (κ1) is 37.9. The van der Waals surface area contributed by atoms with Gasteiger partial charge in [0.15, 0.2) is 0 Å². The Hall–Kier alpha value is -7.00. The summed E-state index contributed by atoms with van der Waals surface area (Å²) in [5.41, 5.74) is 17.0. The normalized spacial score (nSPS) is 11.1. The van der Waals surface area contributed by atoms with E-state index in [2.05, 4.69) is 232 Å². The van der Waals surface area contributed by atoms with E-state index in [1.807, 2.05) is 6.07 Å². The smallest absolute Gasteiger partial charge is 0.0681 e. The van der Waals surface area contributed by atoms with Crippen molar-refractivity contribution in [3.8, 4) is 0 Å². The molecule has 0 heterocycles. The lowest BCUT2D eigenvalue weighted by molar-refractivity contribution is 0.282. The van der Waals surface area contributed by atoms with Gasteiger partial charge in [0, 0.05) is 16.8 Å². The lowest BCUT2D eigenvalue weighted by atomic mass is 9.92. The van der Waals surface area contributed by atoms with E-state index in [1.54, 1.807) is 0 Å². The second kappa shape index (κ2) is 17.4. The van der Waals surface area contributed by atoms with Crippen LogP contribution >= 0.6 is 0 Å². The number of hydrogen-bond acceptors (Lipinski definition) is 2. The lowest BCUT2D eigenvalue weighted by Gasteiger charge is -2.29. The summed E-state index contributed by atoms with van der Waals surface area (Å²) in [4.78, 5) is 2.35. The van der Waals surface area contributed by atoms with Gasteiger partial charge in [-0.15, -0.1) is 0 Å². The highest BCUT2D eigenvalue weighted by Crippen LogP contribution is 2.42. The van der Waals surface area contributed by atoms with Gasteiger partial charge in [0.05, 0.1) is 12.3 Å². The number of hydrogen-bond donors (Lipinski definition) is 1. The van der Waals surface area contributed by atoms with Gasteiger partial charge in [0.2, 0.25) is 0 Å². The topological polar surface area (TPSA) is 23.5 Å². The summed E-state index contributed by atoms with van der Waals surface area (Å²) in [5, 5.41) is 12.3. The van der Waals surface area contributed by atoms with Gasteiger partial charge in [-0.05, 0) is 112 Å². The predicted molar refractivity (Wildman–Crippen MR) is 248 cm³/mol. The van der Waals surface area contributed by atoms with E-state index in [0.29, 0.717) is 0 Å². The van der Waals surface area contributed by atoms with Gasteiger partial charge >= 0.3 is 0 Å². The standard InChI is InChI=1S/C56H47NO/c1-40-21-28-47(29-22-40)54(48-30-23-41(2)24-31-48)38-49-32-36-56(53-19-11-10-18-52(49)53)57(55-35-27-44(39-58)37-42(55)3)50-33-25-43(26-34-50)13-12-20-51(45-14-6-4-7-15-45)46-16-8-5-9-17-46/h4-38,58H,39H2,1-3H3/b13-12+. The molecule has 8 aromatic carbocycles. The summed E-state index contributed by atoms with van der Waals surface area (Å²) in [7, 11) is 0. The summed E-state index contributed by atoms with van der Waals surface area (Å²) in [6.45, 7) is 6.39. The minimum Gasteiger partial charge on any atom is -0.392 e. The number of fused-ring (bicyclic) bond motifs is 1. The number of benzene rings is 8. The number of aliphatic hydroxyl groups excluding tert-OH is 1. The molecular weight excluding hydrogens is 703 g/mol. The van der Waals surface area contributed by atoms with Crippen LogP contribution in [0.1, 0.15) is 55.6 Å². The zero-order chi connectivity index (χ0) is 39.8. The second-order valence-corrected chi connectivity index (χ2v) is 14.9. The highest BCUT2D eigenvalue weighted by molar-refractivity contribution is 6.06. The van der Waals surface area contributed by atoms with Crippen LogP contribution in [0.2, 0.25) is 0 Å². The maximum atomic E-state index is 10.00. The molecule has 2 heteroatoms. The molecule has 8 rings (SSSR count). The molecule has 0 unspecified atom stereocenters. The van der Waals surface area contributed by atoms with E-state index in [0.717, 1.165) is 44.7 Å². The number of anilines is 3. The summed E-state index contributed by atoms with van der Waals surface area (Å²) in [5.74, 6) is 0. The molecule has 0 saturated carbocycles. The third-order valence-electron chi connectivity index (χ3n) is 10.8. The Morgan fingerprint density at radius 1 is 0.500 bits per heavy atom. The zero-order valence-corrected chi connectivity index (χ0v) is 33.3. The second-order valence-electron chi connectivity index (χ2n) is 14.9. The molecule has 0 aliphatic carbocycles. The molecule has 0 aliphatic heterocycles. The Labute approximate surface area is 343 Å². The van der Waals surface area contributed by atoms with Crippen LogP contribution in [0, 0.1) is 20.8 Å². The minimum absolute atomic E-state index is 0.00111. The van der Waals surface area contributed by atoms with Crippen molar-refractivity contribution in [3.05, 3.63) is 256 Å². The van der Waals surface area contributed by atoms with Crippen molar-refractivity contribution in [2.75, 3.05) is 4.90 Å². The number of rotatable bonds is 11. The van der Waals surface area contributed by atoms with Crippen LogP contribution < -0.4 is 4.90 Å². The Morgan fingerprint density at radius 3 is 1.60 bits per heavy atom. The van der Waals surface area contributed by atoms with E-state index < -0.39 is 0 Å². The molecule has 0 aliphatic rings.